The van der Waals surface area contributed by atoms with Gasteiger partial charge in [0.1, 0.15) is 6.29 Å². The van der Waals surface area contributed by atoms with Gasteiger partial charge in [0.15, 0.2) is 0 Å². The van der Waals surface area contributed by atoms with Gasteiger partial charge in [-0.15, -0.1) is 0 Å². The highest BCUT2D eigenvalue weighted by atomic mass is 31.2. The minimum absolute atomic E-state index is 0.0153. The molecule has 0 rings (SSSR count). The largest absolute Gasteiger partial charge is 0.463 e. The van der Waals surface area contributed by atoms with Crippen LogP contribution in [0.25, 0.3) is 0 Å². The predicted molar refractivity (Wildman–Crippen MR) is 98.8 cm³/mol. The van der Waals surface area contributed by atoms with Crippen molar-refractivity contribution in [3.63, 3.8) is 0 Å². The van der Waals surface area contributed by atoms with Crippen molar-refractivity contribution in [1.29, 1.82) is 0 Å². The summed E-state index contributed by atoms with van der Waals surface area (Å²) in [6.07, 6.45) is -0.133. The SMILES string of the molecule is C=C(CN(CC(=C)C(=O)OCC)CP(=O)(OCC)OCC)C(=O)OCC. The van der Waals surface area contributed by atoms with Crippen molar-refractivity contribution in [2.45, 2.75) is 27.7 Å². The van der Waals surface area contributed by atoms with E-state index in [1.807, 2.05) is 0 Å². The number of rotatable bonds is 14. The molecule has 0 bridgehead atoms. The molecule has 0 aromatic carbocycles. The predicted octanol–water partition coefficient (Wildman–Crippen LogP) is 2.75. The number of hydrogen-bond donors (Lipinski definition) is 0. The maximum Gasteiger partial charge on any atom is 0.344 e. The van der Waals surface area contributed by atoms with Crippen LogP contribution in [0, 0.1) is 0 Å². The first-order valence-corrected chi connectivity index (χ1v) is 10.3. The fourth-order valence-electron chi connectivity index (χ4n) is 2.05. The van der Waals surface area contributed by atoms with E-state index in [2.05, 4.69) is 13.2 Å². The lowest BCUT2D eigenvalue weighted by Crippen LogP contribution is -2.33. The van der Waals surface area contributed by atoms with Gasteiger partial charge in [0, 0.05) is 24.2 Å². The first-order valence-electron chi connectivity index (χ1n) is 8.53. The Hall–Kier alpha value is -1.47. The lowest BCUT2D eigenvalue weighted by molar-refractivity contribution is -0.139. The zero-order chi connectivity index (χ0) is 20.2. The quantitative estimate of drug-likeness (QED) is 0.254. The highest BCUT2D eigenvalue weighted by molar-refractivity contribution is 7.53. The number of carbonyl (C=O) groups excluding carboxylic acids is 2. The second-order valence-electron chi connectivity index (χ2n) is 5.22. The van der Waals surface area contributed by atoms with Crippen LogP contribution in [0.2, 0.25) is 0 Å². The fourth-order valence-corrected chi connectivity index (χ4v) is 3.76. The molecule has 150 valence electrons. The highest BCUT2D eigenvalue weighted by Gasteiger charge is 2.29. The van der Waals surface area contributed by atoms with Crippen molar-refractivity contribution in [3.05, 3.63) is 24.3 Å². The van der Waals surface area contributed by atoms with Gasteiger partial charge in [-0.05, 0) is 27.7 Å². The molecule has 0 radical (unpaired) electrons. The normalized spacial score (nSPS) is 11.3. The molecule has 9 heteroatoms. The number of esters is 2. The molecule has 0 N–H and O–H groups in total. The van der Waals surface area contributed by atoms with E-state index in [0.717, 1.165) is 0 Å². The Morgan fingerprint density at radius 1 is 0.808 bits per heavy atom. The average molecular weight is 391 g/mol. The number of carbonyl (C=O) groups is 2. The lowest BCUT2D eigenvalue weighted by atomic mass is 10.2. The van der Waals surface area contributed by atoms with Gasteiger partial charge in [0.05, 0.1) is 26.4 Å². The monoisotopic (exact) mass is 391 g/mol. The molecule has 0 unspecified atom stereocenters. The Bertz CT molecular complexity index is 505. The zero-order valence-electron chi connectivity index (χ0n) is 16.1. The molecule has 0 aromatic heterocycles. The topological polar surface area (TPSA) is 91.4 Å². The first kappa shape index (κ1) is 24.5. The minimum atomic E-state index is -3.44. The van der Waals surface area contributed by atoms with Crippen molar-refractivity contribution >= 4 is 19.5 Å². The molecule has 8 nitrogen and oxygen atoms in total. The molecule has 0 amide bonds. The number of ether oxygens (including phenoxy) is 2. The summed E-state index contributed by atoms with van der Waals surface area (Å²) in [5, 5.41) is 0. The molecule has 0 aromatic rings. The van der Waals surface area contributed by atoms with Gasteiger partial charge >= 0.3 is 19.5 Å². The lowest BCUT2D eigenvalue weighted by Gasteiger charge is -2.27. The summed E-state index contributed by atoms with van der Waals surface area (Å²) in [6.45, 7) is 15.0. The Balaban J connectivity index is 5.28. The minimum Gasteiger partial charge on any atom is -0.463 e. The summed E-state index contributed by atoms with van der Waals surface area (Å²) in [5.74, 6) is -1.14. The van der Waals surface area contributed by atoms with Crippen molar-refractivity contribution in [3.8, 4) is 0 Å². The summed E-state index contributed by atoms with van der Waals surface area (Å²) >= 11 is 0. The summed E-state index contributed by atoms with van der Waals surface area (Å²) in [4.78, 5) is 25.2. The van der Waals surface area contributed by atoms with Crippen LogP contribution >= 0.6 is 7.60 Å². The van der Waals surface area contributed by atoms with Gasteiger partial charge in [-0.25, -0.2) is 9.59 Å². The van der Waals surface area contributed by atoms with E-state index in [1.54, 1.807) is 32.6 Å². The number of hydrogen-bond acceptors (Lipinski definition) is 8. The van der Waals surface area contributed by atoms with Crippen molar-refractivity contribution in [2.24, 2.45) is 0 Å². The molecule has 0 fully saturated rings. The van der Waals surface area contributed by atoms with Crippen LogP contribution in [0.5, 0.6) is 0 Å². The molecule has 0 aliphatic rings. The first-order chi connectivity index (χ1) is 12.2. The van der Waals surface area contributed by atoms with Gasteiger partial charge in [0.2, 0.25) is 0 Å². The van der Waals surface area contributed by atoms with E-state index < -0.39 is 19.5 Å². The van der Waals surface area contributed by atoms with Gasteiger partial charge in [0.25, 0.3) is 0 Å². The second kappa shape index (κ2) is 12.8. The maximum atomic E-state index is 12.8. The van der Waals surface area contributed by atoms with E-state index in [4.69, 9.17) is 18.5 Å². The third-order valence-electron chi connectivity index (χ3n) is 2.98. The van der Waals surface area contributed by atoms with Crippen molar-refractivity contribution in [2.75, 3.05) is 45.8 Å². The Morgan fingerprint density at radius 3 is 1.50 bits per heavy atom. The molecule has 0 aliphatic carbocycles. The molecule has 26 heavy (non-hydrogen) atoms. The van der Waals surface area contributed by atoms with Crippen LogP contribution in [0.15, 0.2) is 24.3 Å². The number of nitrogens with zero attached hydrogens (tertiary/aromatic N) is 1. The zero-order valence-corrected chi connectivity index (χ0v) is 17.0. The van der Waals surface area contributed by atoms with E-state index in [1.165, 1.54) is 0 Å². The van der Waals surface area contributed by atoms with Crippen LogP contribution in [-0.2, 0) is 32.7 Å². The third kappa shape index (κ3) is 9.29. The molecule has 0 spiro atoms. The standard InChI is InChI=1S/C17H30NO7P/c1-7-22-16(19)14(5)11-18(12-15(6)17(20)23-8-2)13-26(21,24-9-3)25-10-4/h5-13H2,1-4H3. The molecule has 0 heterocycles. The van der Waals surface area contributed by atoms with Gasteiger partial charge < -0.3 is 18.5 Å². The van der Waals surface area contributed by atoms with Crippen LogP contribution in [0.4, 0.5) is 0 Å². The van der Waals surface area contributed by atoms with E-state index in [-0.39, 0.29) is 56.9 Å². The molecule has 0 saturated carbocycles. The Morgan fingerprint density at radius 2 is 1.19 bits per heavy atom. The summed E-state index contributed by atoms with van der Waals surface area (Å²) in [5.41, 5.74) is 0.311. The Labute approximate surface area is 155 Å². The highest BCUT2D eigenvalue weighted by Crippen LogP contribution is 2.48. The van der Waals surface area contributed by atoms with Crippen LogP contribution < -0.4 is 0 Å². The summed E-state index contributed by atoms with van der Waals surface area (Å²) in [6, 6.07) is 0. The van der Waals surface area contributed by atoms with Gasteiger partial charge in [-0.3, -0.25) is 9.46 Å². The van der Waals surface area contributed by atoms with Gasteiger partial charge in [-0.1, -0.05) is 13.2 Å². The third-order valence-corrected chi connectivity index (χ3v) is 5.03. The van der Waals surface area contributed by atoms with Crippen LogP contribution in [-0.4, -0.2) is 62.6 Å². The van der Waals surface area contributed by atoms with Crippen molar-refractivity contribution < 1.29 is 32.7 Å². The Kier molecular flexibility index (Phi) is 12.1. The molecule has 0 atom stereocenters. The molecule has 0 aliphatic heterocycles. The molecular formula is C17H30NO7P. The molecular weight excluding hydrogens is 361 g/mol. The maximum absolute atomic E-state index is 12.8. The summed E-state index contributed by atoms with van der Waals surface area (Å²) in [7, 11) is -3.44. The summed E-state index contributed by atoms with van der Waals surface area (Å²) < 4.78 is 33.2. The second-order valence-corrected chi connectivity index (χ2v) is 7.24. The van der Waals surface area contributed by atoms with Crippen LogP contribution in [0.3, 0.4) is 0 Å². The van der Waals surface area contributed by atoms with Crippen LogP contribution in [0.1, 0.15) is 27.7 Å². The van der Waals surface area contributed by atoms with E-state index >= 15 is 0 Å². The van der Waals surface area contributed by atoms with E-state index in [0.29, 0.717) is 0 Å². The fraction of sp³-hybridized carbons (Fsp3) is 0.647. The average Bonchev–Trinajstić information content (AvgIpc) is 2.55. The molecule has 0 saturated heterocycles. The smallest absolute Gasteiger partial charge is 0.344 e. The van der Waals surface area contributed by atoms with Gasteiger partial charge in [-0.2, -0.15) is 0 Å². The van der Waals surface area contributed by atoms with Crippen molar-refractivity contribution in [1.82, 2.24) is 4.90 Å². The van der Waals surface area contributed by atoms with E-state index in [9.17, 15) is 14.2 Å².